The van der Waals surface area contributed by atoms with E-state index in [9.17, 15) is 9.59 Å². The summed E-state index contributed by atoms with van der Waals surface area (Å²) in [5.74, 6) is -0.805. The van der Waals surface area contributed by atoms with E-state index >= 15 is 0 Å². The minimum Gasteiger partial charge on any atom is -0.370 e. The Morgan fingerprint density at radius 1 is 1.10 bits per heavy atom. The lowest BCUT2D eigenvalue weighted by Gasteiger charge is -2.12. The lowest BCUT2D eigenvalue weighted by Crippen LogP contribution is -2.35. The third-order valence-corrected chi connectivity index (χ3v) is 4.25. The third-order valence-electron chi connectivity index (χ3n) is 4.25. The Morgan fingerprint density at radius 2 is 1.83 bits per heavy atom. The van der Waals surface area contributed by atoms with E-state index in [-0.39, 0.29) is 11.8 Å². The van der Waals surface area contributed by atoms with Crippen LogP contribution in [0.3, 0.4) is 0 Å². The van der Waals surface area contributed by atoms with Gasteiger partial charge in [-0.2, -0.15) is 0 Å². The van der Waals surface area contributed by atoms with Crippen LogP contribution in [0, 0.1) is 11.3 Å². The Bertz CT molecular complexity index is 1080. The molecule has 7 nitrogen and oxygen atoms in total. The number of carbonyl (C=O) groups excluding carboxylic acids is 2. The number of rotatable bonds is 5. The van der Waals surface area contributed by atoms with Crippen molar-refractivity contribution in [3.63, 3.8) is 0 Å². The fraction of sp³-hybridized carbons (Fsp3) is 0.182. The summed E-state index contributed by atoms with van der Waals surface area (Å²) in [4.78, 5) is 29.5. The van der Waals surface area contributed by atoms with Gasteiger partial charge in [-0.25, -0.2) is 4.98 Å². The van der Waals surface area contributed by atoms with E-state index in [1.807, 2.05) is 44.2 Å². The van der Waals surface area contributed by atoms with Gasteiger partial charge in [-0.3, -0.25) is 20.3 Å². The van der Waals surface area contributed by atoms with Crippen molar-refractivity contribution in [2.75, 3.05) is 5.32 Å². The number of carbonyl (C=O) groups is 2. The van der Waals surface area contributed by atoms with E-state index in [1.165, 1.54) is 0 Å². The summed E-state index contributed by atoms with van der Waals surface area (Å²) >= 11 is 0. The highest BCUT2D eigenvalue weighted by molar-refractivity contribution is 6.13. The molecule has 1 aromatic heterocycles. The first kappa shape index (κ1) is 20.0. The van der Waals surface area contributed by atoms with Crippen LogP contribution >= 0.6 is 0 Å². The molecular weight excluding hydrogens is 366 g/mol. The zero-order valence-electron chi connectivity index (χ0n) is 16.3. The molecule has 148 valence electrons. The Balaban J connectivity index is 2.09. The molecule has 3 rings (SSSR count). The third kappa shape index (κ3) is 4.95. The summed E-state index contributed by atoms with van der Waals surface area (Å²) in [5.41, 5.74) is 8.33. The molecule has 7 heteroatoms. The maximum absolute atomic E-state index is 12.7. The predicted molar refractivity (Wildman–Crippen MR) is 115 cm³/mol. The van der Waals surface area contributed by atoms with Crippen LogP contribution in [0.1, 0.15) is 30.6 Å². The molecule has 0 bridgehead atoms. The number of aromatic nitrogens is 1. The van der Waals surface area contributed by atoms with E-state index < -0.39 is 11.9 Å². The normalized spacial score (nSPS) is 10.7. The van der Waals surface area contributed by atoms with Gasteiger partial charge < -0.3 is 11.1 Å². The largest absolute Gasteiger partial charge is 0.370 e. The average molecular weight is 389 g/mol. The van der Waals surface area contributed by atoms with Gasteiger partial charge in [0.05, 0.1) is 16.8 Å². The van der Waals surface area contributed by atoms with Gasteiger partial charge in [-0.1, -0.05) is 44.2 Å². The van der Waals surface area contributed by atoms with E-state index in [0.717, 1.165) is 5.56 Å². The molecule has 0 aliphatic carbocycles. The minimum absolute atomic E-state index is 0.0945. The molecule has 0 aliphatic rings. The molecular formula is C22H23N5O2. The molecule has 0 radical (unpaired) electrons. The first-order valence-corrected chi connectivity index (χ1v) is 9.29. The molecule has 2 aromatic carbocycles. The zero-order chi connectivity index (χ0) is 21.0. The fourth-order valence-corrected chi connectivity index (χ4v) is 3.02. The molecule has 2 amide bonds. The SMILES string of the molecule is CC(C)CC(=O)Nc1ccc2nc(-c3ccccc3)cc(C(=O)NC(=N)N)c2c1. The van der Waals surface area contributed by atoms with Crippen molar-refractivity contribution in [2.24, 2.45) is 11.7 Å². The van der Waals surface area contributed by atoms with Gasteiger partial charge in [-0.05, 0) is 30.2 Å². The number of pyridine rings is 1. The highest BCUT2D eigenvalue weighted by atomic mass is 16.2. The number of guanidine groups is 1. The van der Waals surface area contributed by atoms with E-state index in [0.29, 0.717) is 34.3 Å². The van der Waals surface area contributed by atoms with Crippen LogP contribution in [-0.2, 0) is 4.79 Å². The smallest absolute Gasteiger partial charge is 0.258 e. The van der Waals surface area contributed by atoms with Crippen LogP contribution in [0.4, 0.5) is 5.69 Å². The number of hydrogen-bond donors (Lipinski definition) is 4. The molecule has 0 spiro atoms. The topological polar surface area (TPSA) is 121 Å². The van der Waals surface area contributed by atoms with Gasteiger partial charge >= 0.3 is 0 Å². The van der Waals surface area contributed by atoms with Crippen LogP contribution in [0.15, 0.2) is 54.6 Å². The van der Waals surface area contributed by atoms with Crippen molar-refractivity contribution < 1.29 is 9.59 Å². The Morgan fingerprint density at radius 3 is 2.48 bits per heavy atom. The molecule has 0 saturated heterocycles. The first-order chi connectivity index (χ1) is 13.8. The number of anilines is 1. The van der Waals surface area contributed by atoms with E-state index in [1.54, 1.807) is 24.3 Å². The second-order valence-electron chi connectivity index (χ2n) is 7.17. The molecule has 5 N–H and O–H groups in total. The summed E-state index contributed by atoms with van der Waals surface area (Å²) in [6.07, 6.45) is 0.404. The minimum atomic E-state index is -0.507. The summed E-state index contributed by atoms with van der Waals surface area (Å²) in [5, 5.41) is 13.1. The summed E-state index contributed by atoms with van der Waals surface area (Å²) in [6.45, 7) is 3.94. The number of amides is 2. The van der Waals surface area contributed by atoms with Crippen molar-refractivity contribution in [2.45, 2.75) is 20.3 Å². The molecule has 0 atom stereocenters. The van der Waals surface area contributed by atoms with Crippen molar-refractivity contribution in [3.05, 3.63) is 60.2 Å². The summed E-state index contributed by atoms with van der Waals surface area (Å²) in [6, 6.07) is 16.4. The highest BCUT2D eigenvalue weighted by Crippen LogP contribution is 2.27. The lowest BCUT2D eigenvalue weighted by atomic mass is 10.0. The number of nitrogens with zero attached hydrogens (tertiary/aromatic N) is 1. The molecule has 0 saturated carbocycles. The Hall–Kier alpha value is -3.74. The van der Waals surface area contributed by atoms with Gasteiger partial charge in [0.2, 0.25) is 5.91 Å². The highest BCUT2D eigenvalue weighted by Gasteiger charge is 2.16. The molecule has 0 aliphatic heterocycles. The van der Waals surface area contributed by atoms with Crippen LogP contribution in [0.25, 0.3) is 22.2 Å². The van der Waals surface area contributed by atoms with Crippen LogP contribution in [0.2, 0.25) is 0 Å². The lowest BCUT2D eigenvalue weighted by molar-refractivity contribution is -0.116. The van der Waals surface area contributed by atoms with Crippen molar-refractivity contribution in [1.82, 2.24) is 10.3 Å². The molecule has 0 fully saturated rings. The van der Waals surface area contributed by atoms with Crippen molar-refractivity contribution >= 4 is 34.4 Å². The van der Waals surface area contributed by atoms with Crippen LogP contribution < -0.4 is 16.4 Å². The maximum atomic E-state index is 12.7. The summed E-state index contributed by atoms with van der Waals surface area (Å²) < 4.78 is 0. The van der Waals surface area contributed by atoms with Gasteiger partial charge in [0.25, 0.3) is 5.91 Å². The maximum Gasteiger partial charge on any atom is 0.258 e. The number of nitrogens with one attached hydrogen (secondary N) is 3. The Labute approximate surface area is 168 Å². The van der Waals surface area contributed by atoms with E-state index in [4.69, 9.17) is 11.1 Å². The Kier molecular flexibility index (Phi) is 5.87. The molecule has 3 aromatic rings. The van der Waals surface area contributed by atoms with E-state index in [2.05, 4.69) is 15.6 Å². The molecule has 0 unspecified atom stereocenters. The fourth-order valence-electron chi connectivity index (χ4n) is 3.02. The number of hydrogen-bond acceptors (Lipinski definition) is 4. The van der Waals surface area contributed by atoms with Gasteiger partial charge in [0.15, 0.2) is 5.96 Å². The molecule has 1 heterocycles. The average Bonchev–Trinajstić information content (AvgIpc) is 2.66. The standard InChI is InChI=1S/C22H23N5O2/c1-13(2)10-20(28)25-15-8-9-18-16(11-15)17(21(29)27-22(23)24)12-19(26-18)14-6-4-3-5-7-14/h3-9,11-13H,10H2,1-2H3,(H,25,28)(H4,23,24,27,29). The monoisotopic (exact) mass is 389 g/mol. The number of nitrogens with two attached hydrogens (primary N) is 1. The van der Waals surface area contributed by atoms with Gasteiger partial charge in [0, 0.05) is 23.1 Å². The quantitative estimate of drug-likeness (QED) is 0.394. The second-order valence-corrected chi connectivity index (χ2v) is 7.17. The first-order valence-electron chi connectivity index (χ1n) is 9.29. The van der Waals surface area contributed by atoms with Crippen LogP contribution in [-0.4, -0.2) is 22.8 Å². The van der Waals surface area contributed by atoms with Crippen molar-refractivity contribution in [1.29, 1.82) is 5.41 Å². The van der Waals surface area contributed by atoms with Gasteiger partial charge in [0.1, 0.15) is 0 Å². The van der Waals surface area contributed by atoms with Crippen molar-refractivity contribution in [3.8, 4) is 11.3 Å². The zero-order valence-corrected chi connectivity index (χ0v) is 16.3. The predicted octanol–water partition coefficient (Wildman–Crippen LogP) is 3.51. The second kappa shape index (κ2) is 8.52. The van der Waals surface area contributed by atoms with Gasteiger partial charge in [-0.15, -0.1) is 0 Å². The number of benzene rings is 2. The number of fused-ring (bicyclic) bond motifs is 1. The summed E-state index contributed by atoms with van der Waals surface area (Å²) in [7, 11) is 0. The molecule has 29 heavy (non-hydrogen) atoms. The van der Waals surface area contributed by atoms with Crippen LogP contribution in [0.5, 0.6) is 0 Å².